The van der Waals surface area contributed by atoms with E-state index >= 15 is 0 Å². The second-order valence-electron chi connectivity index (χ2n) is 5.66. The molecular weight excluding hydrogens is 320 g/mol. The van der Waals surface area contributed by atoms with Gasteiger partial charge in [-0.15, -0.1) is 0 Å². The Labute approximate surface area is 147 Å². The quantitative estimate of drug-likeness (QED) is 0.790. The minimum Gasteiger partial charge on any atom is -0.497 e. The van der Waals surface area contributed by atoms with Crippen molar-refractivity contribution < 1.29 is 19.1 Å². The second-order valence-corrected chi connectivity index (χ2v) is 5.66. The van der Waals surface area contributed by atoms with E-state index in [4.69, 9.17) is 9.47 Å². The number of rotatable bonds is 6. The molecule has 0 aliphatic rings. The van der Waals surface area contributed by atoms with Crippen LogP contribution in [0.2, 0.25) is 0 Å². The molecule has 2 N–H and O–H groups in total. The van der Waals surface area contributed by atoms with Gasteiger partial charge < -0.3 is 20.1 Å². The lowest BCUT2D eigenvalue weighted by Gasteiger charge is -2.12. The number of amides is 2. The number of benzene rings is 2. The molecule has 2 rings (SSSR count). The van der Waals surface area contributed by atoms with Crippen molar-refractivity contribution in [2.24, 2.45) is 0 Å². The molecule has 0 aromatic heterocycles. The number of ether oxygens (including phenoxy) is 2. The Morgan fingerprint density at radius 2 is 1.56 bits per heavy atom. The first-order valence-electron chi connectivity index (χ1n) is 7.82. The Morgan fingerprint density at radius 1 is 0.880 bits per heavy atom. The third-order valence-corrected chi connectivity index (χ3v) is 3.67. The highest BCUT2D eigenvalue weighted by Crippen LogP contribution is 2.29. The van der Waals surface area contributed by atoms with Crippen LogP contribution in [0.15, 0.2) is 36.4 Å². The van der Waals surface area contributed by atoms with Gasteiger partial charge in [-0.1, -0.05) is 12.1 Å². The fourth-order valence-electron chi connectivity index (χ4n) is 2.31. The molecule has 6 nitrogen and oxygen atoms in total. The minimum absolute atomic E-state index is 0.289. The van der Waals surface area contributed by atoms with Gasteiger partial charge in [0.25, 0.3) is 0 Å². The van der Waals surface area contributed by atoms with E-state index in [1.807, 2.05) is 32.0 Å². The maximum atomic E-state index is 12.1. The minimum atomic E-state index is -0.425. The Bertz CT molecular complexity index is 787. The van der Waals surface area contributed by atoms with Crippen LogP contribution in [0.4, 0.5) is 11.4 Å². The average molecular weight is 342 g/mol. The third-order valence-electron chi connectivity index (χ3n) is 3.67. The van der Waals surface area contributed by atoms with E-state index in [1.54, 1.807) is 25.3 Å². The summed E-state index contributed by atoms with van der Waals surface area (Å²) in [4.78, 5) is 24.2. The topological polar surface area (TPSA) is 76.7 Å². The summed E-state index contributed by atoms with van der Waals surface area (Å²) in [7, 11) is 3.04. The van der Waals surface area contributed by atoms with Crippen LogP contribution in [0.1, 0.15) is 17.5 Å². The standard InChI is InChI=1S/C19H22N2O4/c1-12-5-6-13(2)16(9-12)21-19(23)11-18(22)20-15-8-7-14(24-3)10-17(15)25-4/h5-10H,11H2,1-4H3,(H,20,22)(H,21,23). The molecule has 132 valence electrons. The number of aryl methyl sites for hydroxylation is 2. The van der Waals surface area contributed by atoms with Gasteiger partial charge in [0.05, 0.1) is 19.9 Å². The van der Waals surface area contributed by atoms with Crippen LogP contribution in [0.3, 0.4) is 0 Å². The number of anilines is 2. The summed E-state index contributed by atoms with van der Waals surface area (Å²) >= 11 is 0. The van der Waals surface area contributed by atoms with E-state index in [0.717, 1.165) is 11.1 Å². The van der Waals surface area contributed by atoms with Crippen molar-refractivity contribution in [1.29, 1.82) is 0 Å². The molecule has 0 aliphatic heterocycles. The van der Waals surface area contributed by atoms with Gasteiger partial charge in [0.2, 0.25) is 11.8 Å². The molecule has 0 saturated heterocycles. The zero-order valence-electron chi connectivity index (χ0n) is 14.8. The number of carbonyl (C=O) groups excluding carboxylic acids is 2. The van der Waals surface area contributed by atoms with E-state index in [-0.39, 0.29) is 12.3 Å². The van der Waals surface area contributed by atoms with Crippen LogP contribution in [0.5, 0.6) is 11.5 Å². The lowest BCUT2D eigenvalue weighted by Crippen LogP contribution is -2.22. The summed E-state index contributed by atoms with van der Waals surface area (Å²) in [6, 6.07) is 10.8. The maximum absolute atomic E-state index is 12.1. The van der Waals surface area contributed by atoms with Crippen molar-refractivity contribution in [3.8, 4) is 11.5 Å². The van der Waals surface area contributed by atoms with Crippen LogP contribution in [0, 0.1) is 13.8 Å². The molecule has 2 aromatic rings. The highest BCUT2D eigenvalue weighted by Gasteiger charge is 2.13. The van der Waals surface area contributed by atoms with Gasteiger partial charge in [0.1, 0.15) is 17.9 Å². The molecule has 0 fully saturated rings. The number of hydrogen-bond acceptors (Lipinski definition) is 4. The molecule has 6 heteroatoms. The van der Waals surface area contributed by atoms with Crippen LogP contribution in [-0.4, -0.2) is 26.0 Å². The van der Waals surface area contributed by atoms with Gasteiger partial charge in [-0.25, -0.2) is 0 Å². The summed E-state index contributed by atoms with van der Waals surface area (Å²) < 4.78 is 10.3. The predicted octanol–water partition coefficient (Wildman–Crippen LogP) is 3.29. The SMILES string of the molecule is COc1ccc(NC(=O)CC(=O)Nc2cc(C)ccc2C)c(OC)c1. The van der Waals surface area contributed by atoms with Gasteiger partial charge in [-0.05, 0) is 43.2 Å². The first kappa shape index (κ1) is 18.3. The zero-order valence-corrected chi connectivity index (χ0v) is 14.8. The Hall–Kier alpha value is -3.02. The van der Waals surface area contributed by atoms with E-state index in [2.05, 4.69) is 10.6 Å². The lowest BCUT2D eigenvalue weighted by molar-refractivity contribution is -0.123. The van der Waals surface area contributed by atoms with Gasteiger partial charge in [-0.2, -0.15) is 0 Å². The normalized spacial score (nSPS) is 10.1. The average Bonchev–Trinajstić information content (AvgIpc) is 2.58. The summed E-state index contributed by atoms with van der Waals surface area (Å²) in [5.74, 6) is 0.273. The van der Waals surface area contributed by atoms with E-state index in [9.17, 15) is 9.59 Å². The van der Waals surface area contributed by atoms with Crippen molar-refractivity contribution in [2.45, 2.75) is 20.3 Å². The van der Waals surface area contributed by atoms with Crippen LogP contribution in [0.25, 0.3) is 0 Å². The van der Waals surface area contributed by atoms with Crippen molar-refractivity contribution in [3.05, 3.63) is 47.5 Å². The van der Waals surface area contributed by atoms with Crippen LogP contribution < -0.4 is 20.1 Å². The number of nitrogens with one attached hydrogen (secondary N) is 2. The second kappa shape index (κ2) is 8.19. The summed E-state index contributed by atoms with van der Waals surface area (Å²) in [6.45, 7) is 3.84. The molecule has 0 aliphatic carbocycles. The molecule has 0 heterocycles. The fraction of sp³-hybridized carbons (Fsp3) is 0.263. The molecule has 0 atom stereocenters. The fourth-order valence-corrected chi connectivity index (χ4v) is 2.31. The van der Waals surface area contributed by atoms with Crippen molar-refractivity contribution in [2.75, 3.05) is 24.9 Å². The first-order valence-corrected chi connectivity index (χ1v) is 7.82. The van der Waals surface area contributed by atoms with Crippen molar-refractivity contribution >= 4 is 23.2 Å². The predicted molar refractivity (Wildman–Crippen MR) is 97.3 cm³/mol. The number of hydrogen-bond donors (Lipinski definition) is 2. The van der Waals surface area contributed by atoms with Gasteiger partial charge in [-0.3, -0.25) is 9.59 Å². The third kappa shape index (κ3) is 4.97. The van der Waals surface area contributed by atoms with E-state index < -0.39 is 5.91 Å². The molecule has 0 saturated carbocycles. The molecular formula is C19H22N2O4. The molecule has 0 unspecified atom stereocenters. The summed E-state index contributed by atoms with van der Waals surface area (Å²) in [6.07, 6.45) is -0.289. The molecule has 2 aromatic carbocycles. The molecule has 0 spiro atoms. The Balaban J connectivity index is 2.00. The molecule has 2 amide bonds. The van der Waals surface area contributed by atoms with Crippen molar-refractivity contribution in [3.63, 3.8) is 0 Å². The van der Waals surface area contributed by atoms with Gasteiger partial charge in [0, 0.05) is 11.8 Å². The number of carbonyl (C=O) groups is 2. The van der Waals surface area contributed by atoms with Crippen LogP contribution in [-0.2, 0) is 9.59 Å². The van der Waals surface area contributed by atoms with Crippen molar-refractivity contribution in [1.82, 2.24) is 0 Å². The monoisotopic (exact) mass is 342 g/mol. The zero-order chi connectivity index (χ0) is 18.4. The number of methoxy groups -OCH3 is 2. The summed E-state index contributed by atoms with van der Waals surface area (Å²) in [5, 5.41) is 5.44. The highest BCUT2D eigenvalue weighted by molar-refractivity contribution is 6.08. The van der Waals surface area contributed by atoms with Crippen LogP contribution >= 0.6 is 0 Å². The maximum Gasteiger partial charge on any atom is 0.233 e. The smallest absolute Gasteiger partial charge is 0.233 e. The van der Waals surface area contributed by atoms with Gasteiger partial charge >= 0.3 is 0 Å². The molecule has 25 heavy (non-hydrogen) atoms. The first-order chi connectivity index (χ1) is 11.9. The summed E-state index contributed by atoms with van der Waals surface area (Å²) in [5.41, 5.74) is 3.16. The Kier molecular flexibility index (Phi) is 6.00. The van der Waals surface area contributed by atoms with Gasteiger partial charge in [0.15, 0.2) is 0 Å². The molecule has 0 bridgehead atoms. The van der Waals surface area contributed by atoms with E-state index in [0.29, 0.717) is 22.9 Å². The molecule has 0 radical (unpaired) electrons. The highest BCUT2D eigenvalue weighted by atomic mass is 16.5. The largest absolute Gasteiger partial charge is 0.497 e. The van der Waals surface area contributed by atoms with E-state index in [1.165, 1.54) is 7.11 Å². The Morgan fingerprint density at radius 3 is 2.20 bits per heavy atom. The lowest BCUT2D eigenvalue weighted by atomic mass is 10.1.